The first-order valence-electron chi connectivity index (χ1n) is 13.4. The van der Waals surface area contributed by atoms with Crippen LogP contribution >= 0.6 is 22.6 Å². The van der Waals surface area contributed by atoms with Crippen molar-refractivity contribution >= 4 is 39.4 Å². The lowest BCUT2D eigenvalue weighted by molar-refractivity contribution is 0.0794. The second-order valence-electron chi connectivity index (χ2n) is 9.94. The third-order valence-electron chi connectivity index (χ3n) is 7.55. The molecule has 1 unspecified atom stereocenters. The zero-order chi connectivity index (χ0) is 26.1. The van der Waals surface area contributed by atoms with Gasteiger partial charge in [-0.05, 0) is 90.1 Å². The quantitative estimate of drug-likeness (QED) is 0.222. The summed E-state index contributed by atoms with van der Waals surface area (Å²) in [5.41, 5.74) is 7.38. The van der Waals surface area contributed by atoms with Crippen LogP contribution in [0.5, 0.6) is 5.75 Å². The van der Waals surface area contributed by atoms with Gasteiger partial charge in [0.2, 0.25) is 0 Å². The number of ether oxygens (including phenoxy) is 1. The van der Waals surface area contributed by atoms with Gasteiger partial charge in [0.15, 0.2) is 0 Å². The molecule has 4 nitrogen and oxygen atoms in total. The lowest BCUT2D eigenvalue weighted by atomic mass is 9.87. The molecule has 38 heavy (non-hydrogen) atoms. The summed E-state index contributed by atoms with van der Waals surface area (Å²) >= 11 is 2.53. The Bertz CT molecular complexity index is 1530. The minimum absolute atomic E-state index is 0.0316. The highest BCUT2D eigenvalue weighted by Gasteiger charge is 2.38. The first-order valence-corrected chi connectivity index (χ1v) is 14.5. The Hall–Kier alpha value is -3.32. The van der Waals surface area contributed by atoms with Crippen molar-refractivity contribution in [3.8, 4) is 5.75 Å². The number of halogens is 1. The van der Waals surface area contributed by atoms with Crippen LogP contribution in [0.2, 0.25) is 0 Å². The number of nitrogens with zero attached hydrogens (tertiary/aromatic N) is 1. The minimum atomic E-state index is -0.0695. The Balaban J connectivity index is 1.61. The van der Waals surface area contributed by atoms with Gasteiger partial charge in [0.05, 0.1) is 18.8 Å². The highest BCUT2D eigenvalue weighted by Crippen LogP contribution is 2.48. The van der Waals surface area contributed by atoms with Crippen molar-refractivity contribution in [1.82, 2.24) is 9.88 Å². The third kappa shape index (κ3) is 4.57. The number of fused-ring (bicyclic) bond motifs is 3. The van der Waals surface area contributed by atoms with Crippen molar-refractivity contribution in [3.05, 3.63) is 122 Å². The van der Waals surface area contributed by atoms with E-state index in [9.17, 15) is 4.79 Å². The maximum Gasteiger partial charge on any atom is 0.275 e. The summed E-state index contributed by atoms with van der Waals surface area (Å²) in [6.45, 7) is 3.16. The molecular formula is C33H31IN2O2. The van der Waals surface area contributed by atoms with E-state index in [4.69, 9.17) is 4.74 Å². The predicted molar refractivity (Wildman–Crippen MR) is 162 cm³/mol. The van der Waals surface area contributed by atoms with Gasteiger partial charge in [-0.1, -0.05) is 66.7 Å². The molecule has 0 bridgehead atoms. The van der Waals surface area contributed by atoms with Gasteiger partial charge < -0.3 is 14.6 Å². The normalized spacial score (nSPS) is 17.8. The predicted octanol–water partition coefficient (Wildman–Crippen LogP) is 8.50. The van der Waals surface area contributed by atoms with Gasteiger partial charge in [-0.15, -0.1) is 0 Å². The molecule has 1 amide bonds. The van der Waals surface area contributed by atoms with E-state index in [1.54, 1.807) is 0 Å². The second kappa shape index (κ2) is 10.8. The average Bonchev–Trinajstić information content (AvgIpc) is 3.30. The molecule has 2 heterocycles. The number of hydrogen-bond acceptors (Lipinski definition) is 2. The van der Waals surface area contributed by atoms with Crippen molar-refractivity contribution in [3.63, 3.8) is 0 Å². The Morgan fingerprint density at radius 1 is 0.974 bits per heavy atom. The van der Waals surface area contributed by atoms with Crippen molar-refractivity contribution in [1.29, 1.82) is 0 Å². The van der Waals surface area contributed by atoms with Gasteiger partial charge in [-0.3, -0.25) is 4.79 Å². The number of aromatic amines is 1. The van der Waals surface area contributed by atoms with Crippen molar-refractivity contribution < 1.29 is 9.53 Å². The van der Waals surface area contributed by atoms with Crippen LogP contribution in [0.3, 0.4) is 0 Å². The summed E-state index contributed by atoms with van der Waals surface area (Å²) < 4.78 is 6.94. The standard InChI is InChI=1S/C33H31IN2O2/c1-2-38-25-19-17-23(18-20-25)28-29-26-15-9-10-16-27(26)35-31(29)33(37)36(21-22-11-5-3-6-12-22)32(30(28)34)24-13-7-4-8-14-24/h3,5-6,9-13,15-20,28,35H,2,4,7-8,14,21H2,1H3. The Morgan fingerprint density at radius 3 is 2.47 bits per heavy atom. The fourth-order valence-electron chi connectivity index (χ4n) is 5.79. The fraction of sp³-hybridized carbons (Fsp3) is 0.242. The van der Waals surface area contributed by atoms with E-state index in [2.05, 4.69) is 76.1 Å². The summed E-state index contributed by atoms with van der Waals surface area (Å²) in [6, 6.07) is 27.0. The molecule has 1 aliphatic heterocycles. The van der Waals surface area contributed by atoms with Crippen molar-refractivity contribution in [2.75, 3.05) is 6.61 Å². The number of hydrogen-bond donors (Lipinski definition) is 1. The molecule has 1 aromatic heterocycles. The zero-order valence-corrected chi connectivity index (χ0v) is 23.7. The first kappa shape index (κ1) is 25.0. The summed E-state index contributed by atoms with van der Waals surface area (Å²) in [4.78, 5) is 20.1. The van der Waals surface area contributed by atoms with E-state index in [0.29, 0.717) is 18.8 Å². The molecular weight excluding hydrogens is 583 g/mol. The third-order valence-corrected chi connectivity index (χ3v) is 8.68. The molecule has 1 N–H and O–H groups in total. The molecule has 1 aliphatic carbocycles. The Morgan fingerprint density at radius 2 is 1.74 bits per heavy atom. The van der Waals surface area contributed by atoms with Gasteiger partial charge in [0, 0.05) is 26.0 Å². The van der Waals surface area contributed by atoms with Gasteiger partial charge in [-0.25, -0.2) is 0 Å². The van der Waals surface area contributed by atoms with Crippen LogP contribution in [0.4, 0.5) is 0 Å². The topological polar surface area (TPSA) is 45.3 Å². The zero-order valence-electron chi connectivity index (χ0n) is 21.5. The molecule has 4 aromatic rings. The summed E-state index contributed by atoms with van der Waals surface area (Å²) in [7, 11) is 0. The highest BCUT2D eigenvalue weighted by molar-refractivity contribution is 14.1. The smallest absolute Gasteiger partial charge is 0.275 e. The number of carbonyl (C=O) groups excluding carboxylic acids is 1. The molecule has 5 heteroatoms. The fourth-order valence-corrected chi connectivity index (χ4v) is 7.10. The van der Waals surface area contributed by atoms with Crippen LogP contribution in [0.1, 0.15) is 65.7 Å². The molecule has 3 aromatic carbocycles. The monoisotopic (exact) mass is 614 g/mol. The summed E-state index contributed by atoms with van der Waals surface area (Å²) in [6.07, 6.45) is 6.75. The molecule has 0 radical (unpaired) electrons. The molecule has 0 spiro atoms. The number of carbonyl (C=O) groups is 1. The van der Waals surface area contributed by atoms with E-state index in [1.165, 1.54) is 15.6 Å². The number of benzene rings is 3. The number of nitrogens with one attached hydrogen (secondary N) is 1. The number of amides is 1. The molecule has 1 atom stereocenters. The Kier molecular flexibility index (Phi) is 7.11. The average molecular weight is 615 g/mol. The number of rotatable bonds is 6. The Labute approximate surface area is 237 Å². The number of allylic oxidation sites excluding steroid dienone is 3. The van der Waals surface area contributed by atoms with E-state index < -0.39 is 0 Å². The molecule has 0 fully saturated rings. The highest BCUT2D eigenvalue weighted by atomic mass is 127. The molecule has 0 saturated heterocycles. The van der Waals surface area contributed by atoms with E-state index in [0.717, 1.165) is 58.3 Å². The van der Waals surface area contributed by atoms with Crippen LogP contribution < -0.4 is 4.74 Å². The lowest BCUT2D eigenvalue weighted by Crippen LogP contribution is -2.31. The van der Waals surface area contributed by atoms with Crippen LogP contribution in [-0.2, 0) is 6.54 Å². The van der Waals surface area contributed by atoms with Crippen LogP contribution in [0, 0.1) is 0 Å². The number of H-pyrrole nitrogens is 1. The summed E-state index contributed by atoms with van der Waals surface area (Å²) in [5, 5.41) is 1.10. The van der Waals surface area contributed by atoms with Gasteiger partial charge in [0.1, 0.15) is 11.4 Å². The second-order valence-corrected chi connectivity index (χ2v) is 11.1. The summed E-state index contributed by atoms with van der Waals surface area (Å²) in [5.74, 6) is 0.823. The maximum atomic E-state index is 14.5. The SMILES string of the molecule is CCOc1ccc(C2C(I)=C(C3=CCCCC3)N(Cc3ccccc3)C(=O)c3[nH]c4ccccc4c32)cc1. The van der Waals surface area contributed by atoms with Crippen molar-refractivity contribution in [2.45, 2.75) is 45.1 Å². The van der Waals surface area contributed by atoms with Crippen molar-refractivity contribution in [2.24, 2.45) is 0 Å². The van der Waals surface area contributed by atoms with E-state index >= 15 is 0 Å². The largest absolute Gasteiger partial charge is 0.494 e. The van der Waals surface area contributed by atoms with Gasteiger partial charge in [0.25, 0.3) is 5.91 Å². The number of para-hydroxylation sites is 1. The van der Waals surface area contributed by atoms with E-state index in [1.807, 2.05) is 48.2 Å². The molecule has 192 valence electrons. The lowest BCUT2D eigenvalue weighted by Gasteiger charge is -2.29. The van der Waals surface area contributed by atoms with Crippen LogP contribution in [0.25, 0.3) is 10.9 Å². The van der Waals surface area contributed by atoms with Gasteiger partial charge in [-0.2, -0.15) is 0 Å². The molecule has 0 saturated carbocycles. The minimum Gasteiger partial charge on any atom is -0.494 e. The molecule has 6 rings (SSSR count). The van der Waals surface area contributed by atoms with Crippen LogP contribution in [0.15, 0.2) is 99.8 Å². The molecule has 2 aliphatic rings. The van der Waals surface area contributed by atoms with Crippen LogP contribution in [-0.4, -0.2) is 22.4 Å². The number of aromatic nitrogens is 1. The van der Waals surface area contributed by atoms with E-state index in [-0.39, 0.29) is 11.8 Å². The maximum absolute atomic E-state index is 14.5. The first-order chi connectivity index (χ1) is 18.7. The van der Waals surface area contributed by atoms with Gasteiger partial charge >= 0.3 is 0 Å².